The third kappa shape index (κ3) is 4.59. The summed E-state index contributed by atoms with van der Waals surface area (Å²) in [5.74, 6) is 0.554. The van der Waals surface area contributed by atoms with E-state index < -0.39 is 0 Å². The summed E-state index contributed by atoms with van der Waals surface area (Å²) in [6.45, 7) is 6.16. The van der Waals surface area contributed by atoms with Gasteiger partial charge in [-0.2, -0.15) is 0 Å². The summed E-state index contributed by atoms with van der Waals surface area (Å²) in [6.07, 6.45) is 0.356. The van der Waals surface area contributed by atoms with Crippen molar-refractivity contribution in [2.24, 2.45) is 0 Å². The summed E-state index contributed by atoms with van der Waals surface area (Å²) in [5, 5.41) is 3.43. The van der Waals surface area contributed by atoms with Gasteiger partial charge in [0.1, 0.15) is 31.0 Å². The van der Waals surface area contributed by atoms with Gasteiger partial charge in [-0.05, 0) is 32.0 Å². The van der Waals surface area contributed by atoms with Crippen LogP contribution in [0.3, 0.4) is 0 Å². The zero-order chi connectivity index (χ0) is 15.4. The van der Waals surface area contributed by atoms with E-state index in [1.807, 2.05) is 13.8 Å². The van der Waals surface area contributed by atoms with Crippen molar-refractivity contribution >= 4 is 23.2 Å². The Kier molecular flexibility index (Phi) is 5.45. The average molecular weight is 314 g/mol. The van der Waals surface area contributed by atoms with Crippen LogP contribution in [0.1, 0.15) is 13.8 Å². The van der Waals surface area contributed by atoms with Gasteiger partial charge in [0.25, 0.3) is 5.91 Å². The van der Waals surface area contributed by atoms with Crippen molar-refractivity contribution in [1.29, 1.82) is 0 Å². The maximum Gasteiger partial charge on any atom is 0.279 e. The molecule has 116 valence electrons. The summed E-state index contributed by atoms with van der Waals surface area (Å²) in [6, 6.07) is 5.16. The molecule has 3 atom stereocenters. The number of halogens is 1. The van der Waals surface area contributed by atoms with Gasteiger partial charge in [0.15, 0.2) is 6.54 Å². The predicted octanol–water partition coefficient (Wildman–Crippen LogP) is 0.979. The number of nitrogens with one attached hydrogen (secondary N) is 2. The van der Waals surface area contributed by atoms with Gasteiger partial charge in [-0.1, -0.05) is 11.6 Å². The molecule has 0 aliphatic carbocycles. The predicted molar refractivity (Wildman–Crippen MR) is 82.2 cm³/mol. The second-order valence-corrected chi connectivity index (χ2v) is 5.92. The van der Waals surface area contributed by atoms with Gasteiger partial charge in [-0.15, -0.1) is 0 Å². The summed E-state index contributed by atoms with van der Waals surface area (Å²) in [5.41, 5.74) is 0.601. The van der Waals surface area contributed by atoms with Crippen LogP contribution in [0.2, 0.25) is 5.02 Å². The number of hydrogen-bond donors (Lipinski definition) is 2. The molecule has 6 heteroatoms. The highest BCUT2D eigenvalue weighted by atomic mass is 35.5. The molecule has 0 spiro atoms. The molecule has 1 amide bonds. The number of carbonyl (C=O) groups is 1. The fraction of sp³-hybridized carbons (Fsp3) is 0.533. The first-order valence-electron chi connectivity index (χ1n) is 7.10. The first-order valence-corrected chi connectivity index (χ1v) is 7.48. The lowest BCUT2D eigenvalue weighted by Gasteiger charge is -2.31. The van der Waals surface area contributed by atoms with E-state index in [0.717, 1.165) is 13.1 Å². The lowest BCUT2D eigenvalue weighted by molar-refractivity contribution is -0.907. The standard InChI is InChI=1S/C15H21ClN2O3/c1-10-7-18(8-11(2)21-10)9-15(19)17-13-6-12(16)4-5-14(13)20-3/h4-6,10-11H,7-9H2,1-3H3,(H,17,19)/p+1/t10-,11+. The Bertz CT molecular complexity index is 500. The molecular weight excluding hydrogens is 292 g/mol. The van der Waals surface area contributed by atoms with Crippen LogP contribution in [0.4, 0.5) is 5.69 Å². The molecule has 1 unspecified atom stereocenters. The van der Waals surface area contributed by atoms with Crippen LogP contribution >= 0.6 is 11.6 Å². The molecule has 1 aliphatic rings. The number of carbonyl (C=O) groups excluding carboxylic acids is 1. The second kappa shape index (κ2) is 7.11. The Morgan fingerprint density at radius 2 is 2.10 bits per heavy atom. The number of quaternary nitrogens is 1. The number of anilines is 1. The first-order chi connectivity index (χ1) is 9.97. The van der Waals surface area contributed by atoms with Crippen LogP contribution in [-0.2, 0) is 9.53 Å². The van der Waals surface area contributed by atoms with Crippen LogP contribution < -0.4 is 15.0 Å². The maximum atomic E-state index is 12.2. The van der Waals surface area contributed by atoms with Crippen molar-refractivity contribution in [2.75, 3.05) is 32.1 Å². The number of ether oxygens (including phenoxy) is 2. The van der Waals surface area contributed by atoms with Crippen molar-refractivity contribution in [3.05, 3.63) is 23.2 Å². The lowest BCUT2D eigenvalue weighted by Crippen LogP contribution is -3.16. The molecule has 0 saturated carbocycles. The highest BCUT2D eigenvalue weighted by Crippen LogP contribution is 2.27. The van der Waals surface area contributed by atoms with Gasteiger partial charge < -0.3 is 19.7 Å². The van der Waals surface area contributed by atoms with Gasteiger partial charge in [0, 0.05) is 5.02 Å². The third-order valence-electron chi connectivity index (χ3n) is 3.46. The first kappa shape index (κ1) is 16.1. The smallest absolute Gasteiger partial charge is 0.279 e. The molecule has 1 saturated heterocycles. The van der Waals surface area contributed by atoms with Crippen molar-refractivity contribution in [2.45, 2.75) is 26.1 Å². The monoisotopic (exact) mass is 313 g/mol. The summed E-state index contributed by atoms with van der Waals surface area (Å²) in [4.78, 5) is 13.4. The van der Waals surface area contributed by atoms with E-state index in [1.54, 1.807) is 25.3 Å². The highest BCUT2D eigenvalue weighted by Gasteiger charge is 2.27. The number of hydrogen-bond acceptors (Lipinski definition) is 3. The Morgan fingerprint density at radius 3 is 2.71 bits per heavy atom. The average Bonchev–Trinajstić information content (AvgIpc) is 2.37. The Labute approximate surface area is 130 Å². The van der Waals surface area contributed by atoms with Crippen LogP contribution in [-0.4, -0.2) is 44.9 Å². The van der Waals surface area contributed by atoms with Crippen molar-refractivity contribution in [3.63, 3.8) is 0 Å². The number of benzene rings is 1. The lowest BCUT2D eigenvalue weighted by atomic mass is 10.2. The zero-order valence-electron chi connectivity index (χ0n) is 12.6. The van der Waals surface area contributed by atoms with Gasteiger partial charge in [-0.3, -0.25) is 4.79 Å². The van der Waals surface area contributed by atoms with Crippen LogP contribution in [0.15, 0.2) is 18.2 Å². The second-order valence-electron chi connectivity index (χ2n) is 5.49. The van der Waals surface area contributed by atoms with Crippen molar-refractivity contribution < 1.29 is 19.2 Å². The summed E-state index contributed by atoms with van der Waals surface area (Å²) in [7, 11) is 1.56. The molecule has 1 heterocycles. The number of rotatable bonds is 4. The Balaban J connectivity index is 1.97. The summed E-state index contributed by atoms with van der Waals surface area (Å²) >= 11 is 5.96. The topological polar surface area (TPSA) is 52.0 Å². The van der Waals surface area contributed by atoms with Gasteiger partial charge >= 0.3 is 0 Å². The van der Waals surface area contributed by atoms with Gasteiger partial charge in [-0.25, -0.2) is 0 Å². The molecule has 0 aromatic heterocycles. The molecule has 2 rings (SSSR count). The highest BCUT2D eigenvalue weighted by molar-refractivity contribution is 6.31. The Hall–Kier alpha value is -1.30. The molecule has 1 aromatic carbocycles. The van der Waals surface area contributed by atoms with Crippen molar-refractivity contribution in [3.8, 4) is 5.75 Å². The number of methoxy groups -OCH3 is 1. The summed E-state index contributed by atoms with van der Waals surface area (Å²) < 4.78 is 10.9. The normalized spacial score (nSPS) is 25.4. The molecule has 1 aliphatic heterocycles. The molecular formula is C15H22ClN2O3+. The Morgan fingerprint density at radius 1 is 1.43 bits per heavy atom. The largest absolute Gasteiger partial charge is 0.495 e. The van der Waals surface area contributed by atoms with E-state index in [-0.39, 0.29) is 18.1 Å². The van der Waals surface area contributed by atoms with Crippen LogP contribution in [0.25, 0.3) is 0 Å². The molecule has 5 nitrogen and oxygen atoms in total. The van der Waals surface area contributed by atoms with Gasteiger partial charge in [0.2, 0.25) is 0 Å². The maximum absolute atomic E-state index is 12.2. The van der Waals surface area contributed by atoms with E-state index in [9.17, 15) is 4.79 Å². The van der Waals surface area contributed by atoms with E-state index in [0.29, 0.717) is 23.0 Å². The van der Waals surface area contributed by atoms with Gasteiger partial charge in [0.05, 0.1) is 12.8 Å². The van der Waals surface area contributed by atoms with E-state index in [4.69, 9.17) is 21.1 Å². The van der Waals surface area contributed by atoms with Crippen LogP contribution in [0, 0.1) is 0 Å². The molecule has 1 fully saturated rings. The number of amides is 1. The number of morpholine rings is 1. The molecule has 0 bridgehead atoms. The fourth-order valence-corrected chi connectivity index (χ4v) is 2.90. The van der Waals surface area contributed by atoms with Crippen molar-refractivity contribution in [1.82, 2.24) is 0 Å². The molecule has 1 aromatic rings. The van der Waals surface area contributed by atoms with E-state index >= 15 is 0 Å². The van der Waals surface area contributed by atoms with E-state index in [1.165, 1.54) is 4.90 Å². The molecule has 2 N–H and O–H groups in total. The molecule has 21 heavy (non-hydrogen) atoms. The zero-order valence-corrected chi connectivity index (χ0v) is 13.4. The molecule has 0 radical (unpaired) electrons. The van der Waals surface area contributed by atoms with Crippen LogP contribution in [0.5, 0.6) is 5.75 Å². The fourth-order valence-electron chi connectivity index (χ4n) is 2.73. The minimum atomic E-state index is -0.0492. The van der Waals surface area contributed by atoms with E-state index in [2.05, 4.69) is 5.32 Å². The minimum Gasteiger partial charge on any atom is -0.495 e. The minimum absolute atomic E-state index is 0.0492. The SMILES string of the molecule is COc1ccc(Cl)cc1NC(=O)C[NH+]1C[C@@H](C)O[C@@H](C)C1. The third-order valence-corrected chi connectivity index (χ3v) is 3.70. The quantitative estimate of drug-likeness (QED) is 0.871.